The molecule has 0 atom stereocenters. The molecule has 0 radical (unpaired) electrons. The minimum Gasteiger partial charge on any atom is -0.358 e. The predicted octanol–water partition coefficient (Wildman–Crippen LogP) is 2.56. The van der Waals surface area contributed by atoms with Crippen molar-refractivity contribution in [1.82, 2.24) is 4.98 Å². The number of nitrogens with one attached hydrogen (secondary N) is 2. The predicted molar refractivity (Wildman–Crippen MR) is 77.6 cm³/mol. The summed E-state index contributed by atoms with van der Waals surface area (Å²) in [5.41, 5.74) is 11.8. The number of allylic oxidation sites excluding steroid dienone is 3. The van der Waals surface area contributed by atoms with Crippen LogP contribution in [-0.4, -0.2) is 10.7 Å². The second kappa shape index (κ2) is 4.27. The number of aryl methyl sites for hydroxylation is 1. The highest BCUT2D eigenvalue weighted by atomic mass is 14.8. The van der Waals surface area contributed by atoms with Crippen molar-refractivity contribution in [1.29, 1.82) is 0 Å². The first-order valence-corrected chi connectivity index (χ1v) is 6.50. The number of rotatable bonds is 1. The Bertz CT molecular complexity index is 607. The molecule has 1 aliphatic rings. The maximum Gasteiger partial charge on any atom is 0.212 e. The van der Waals surface area contributed by atoms with Gasteiger partial charge in [0.05, 0.1) is 5.69 Å². The first kappa shape index (κ1) is 12.9. The molecule has 0 unspecified atom stereocenters. The zero-order valence-corrected chi connectivity index (χ0v) is 12.5. The van der Waals surface area contributed by atoms with Gasteiger partial charge in [-0.2, -0.15) is 0 Å². The Hall–Kier alpha value is -1.57. The van der Waals surface area contributed by atoms with Crippen LogP contribution in [0, 0.1) is 20.8 Å². The minimum absolute atomic E-state index is 1.26. The fourth-order valence-electron chi connectivity index (χ4n) is 2.56. The summed E-state index contributed by atoms with van der Waals surface area (Å²) in [7, 11) is 0. The van der Waals surface area contributed by atoms with Gasteiger partial charge in [-0.25, -0.2) is 4.99 Å². The summed E-state index contributed by atoms with van der Waals surface area (Å²) in [6.45, 7) is 15.2. The van der Waals surface area contributed by atoms with Gasteiger partial charge in [0.25, 0.3) is 0 Å². The molecule has 0 aromatic carbocycles. The molecule has 0 bridgehead atoms. The van der Waals surface area contributed by atoms with Gasteiger partial charge in [-0.15, -0.1) is 0 Å². The van der Waals surface area contributed by atoms with Crippen molar-refractivity contribution in [2.45, 2.75) is 48.5 Å². The Labute approximate surface area is 110 Å². The zero-order chi connectivity index (χ0) is 13.6. The van der Waals surface area contributed by atoms with E-state index in [0.717, 1.165) is 0 Å². The molecule has 1 aromatic rings. The van der Waals surface area contributed by atoms with Gasteiger partial charge >= 0.3 is 0 Å². The lowest BCUT2D eigenvalue weighted by Crippen LogP contribution is -2.68. The third-order valence-electron chi connectivity index (χ3n) is 4.38. The van der Waals surface area contributed by atoms with Gasteiger partial charge in [0.15, 0.2) is 5.71 Å². The molecular formula is C16H23N2+. The molecule has 18 heavy (non-hydrogen) atoms. The van der Waals surface area contributed by atoms with E-state index in [1.165, 1.54) is 50.6 Å². The van der Waals surface area contributed by atoms with Gasteiger partial charge in [-0.1, -0.05) is 0 Å². The van der Waals surface area contributed by atoms with E-state index in [4.69, 9.17) is 0 Å². The van der Waals surface area contributed by atoms with E-state index >= 15 is 0 Å². The Morgan fingerprint density at radius 1 is 0.889 bits per heavy atom. The zero-order valence-electron chi connectivity index (χ0n) is 12.5. The average Bonchev–Trinajstić information content (AvgIpc) is 2.74. The quantitative estimate of drug-likeness (QED) is 0.759. The maximum absolute atomic E-state index is 3.51. The van der Waals surface area contributed by atoms with E-state index in [1.807, 2.05) is 0 Å². The summed E-state index contributed by atoms with van der Waals surface area (Å²) < 4.78 is 0. The number of aromatic amines is 1. The number of aromatic nitrogens is 1. The first-order valence-electron chi connectivity index (χ1n) is 6.50. The van der Waals surface area contributed by atoms with Crippen LogP contribution < -0.4 is 4.99 Å². The van der Waals surface area contributed by atoms with Crippen LogP contribution >= 0.6 is 0 Å². The van der Waals surface area contributed by atoms with Gasteiger partial charge < -0.3 is 4.98 Å². The Kier molecular flexibility index (Phi) is 3.05. The summed E-state index contributed by atoms with van der Waals surface area (Å²) in [4.78, 5) is 7.02. The summed E-state index contributed by atoms with van der Waals surface area (Å²) in [5, 5.41) is 0. The van der Waals surface area contributed by atoms with Crippen LogP contribution in [0.4, 0.5) is 0 Å². The Morgan fingerprint density at radius 3 is 1.89 bits per heavy atom. The molecular weight excluding hydrogens is 220 g/mol. The van der Waals surface area contributed by atoms with Crippen LogP contribution in [-0.2, 0) is 0 Å². The molecule has 1 aromatic heterocycles. The van der Waals surface area contributed by atoms with Crippen LogP contribution in [0.5, 0.6) is 0 Å². The molecule has 2 heterocycles. The van der Waals surface area contributed by atoms with Crippen molar-refractivity contribution >= 4 is 11.3 Å². The summed E-state index contributed by atoms with van der Waals surface area (Å²) >= 11 is 0. The van der Waals surface area contributed by atoms with Crippen LogP contribution in [0.2, 0.25) is 0 Å². The first-order chi connectivity index (χ1) is 8.34. The van der Waals surface area contributed by atoms with E-state index < -0.39 is 0 Å². The smallest absolute Gasteiger partial charge is 0.212 e. The van der Waals surface area contributed by atoms with E-state index in [0.29, 0.717) is 0 Å². The Balaban J connectivity index is 2.63. The highest BCUT2D eigenvalue weighted by molar-refractivity contribution is 5.97. The topological polar surface area (TPSA) is 29.8 Å². The van der Waals surface area contributed by atoms with Crippen molar-refractivity contribution < 1.29 is 4.99 Å². The fraction of sp³-hybridized carbons (Fsp3) is 0.438. The monoisotopic (exact) mass is 243 g/mol. The molecule has 0 saturated heterocycles. The molecule has 0 aliphatic carbocycles. The van der Waals surface area contributed by atoms with E-state index in [1.54, 1.807) is 0 Å². The van der Waals surface area contributed by atoms with Crippen molar-refractivity contribution in [3.63, 3.8) is 0 Å². The second-order valence-electron chi connectivity index (χ2n) is 5.38. The lowest BCUT2D eigenvalue weighted by molar-refractivity contribution is -0.387. The largest absolute Gasteiger partial charge is 0.358 e. The molecule has 0 amide bonds. The summed E-state index contributed by atoms with van der Waals surface area (Å²) in [5.74, 6) is 0. The van der Waals surface area contributed by atoms with E-state index in [2.05, 4.69) is 58.4 Å². The van der Waals surface area contributed by atoms with E-state index in [-0.39, 0.29) is 0 Å². The standard InChI is InChI=1S/C16H22N2/c1-8-10(3)15(17-13(8)6)12(5)16-11(4)9(2)14(7)18-16/h17H,1-7H3/p+1/b16-12-. The molecule has 2 nitrogen and oxygen atoms in total. The average molecular weight is 243 g/mol. The van der Waals surface area contributed by atoms with Crippen LogP contribution in [0.15, 0.2) is 16.8 Å². The van der Waals surface area contributed by atoms with Gasteiger partial charge in [0, 0.05) is 29.3 Å². The molecule has 0 spiro atoms. The lowest BCUT2D eigenvalue weighted by Gasteiger charge is -2.02. The van der Waals surface area contributed by atoms with Crippen LogP contribution in [0.25, 0.3) is 5.57 Å². The van der Waals surface area contributed by atoms with Gasteiger partial charge in [0.2, 0.25) is 5.70 Å². The third-order valence-corrected chi connectivity index (χ3v) is 4.38. The van der Waals surface area contributed by atoms with Gasteiger partial charge in [-0.05, 0) is 52.7 Å². The SMILES string of the molecule is CC1=[NH+]/C(=C(/C)c2[nH]c(C)c(C)c2C)C(C)=C1C. The van der Waals surface area contributed by atoms with Crippen molar-refractivity contribution in [2.24, 2.45) is 0 Å². The van der Waals surface area contributed by atoms with Gasteiger partial charge in [-0.3, -0.25) is 0 Å². The van der Waals surface area contributed by atoms with Crippen molar-refractivity contribution in [3.05, 3.63) is 39.4 Å². The highest BCUT2D eigenvalue weighted by Crippen LogP contribution is 2.27. The second-order valence-corrected chi connectivity index (χ2v) is 5.38. The molecule has 0 fully saturated rings. The summed E-state index contributed by atoms with van der Waals surface area (Å²) in [6, 6.07) is 0. The third kappa shape index (κ3) is 1.76. The molecule has 2 rings (SSSR count). The Morgan fingerprint density at radius 2 is 1.50 bits per heavy atom. The van der Waals surface area contributed by atoms with Crippen LogP contribution in [0.3, 0.4) is 0 Å². The molecule has 1 aliphatic heterocycles. The minimum atomic E-state index is 1.26. The number of hydrogen-bond donors (Lipinski definition) is 2. The van der Waals surface area contributed by atoms with Gasteiger partial charge in [0.1, 0.15) is 0 Å². The van der Waals surface area contributed by atoms with Crippen molar-refractivity contribution in [3.8, 4) is 0 Å². The van der Waals surface area contributed by atoms with E-state index in [9.17, 15) is 0 Å². The molecule has 2 N–H and O–H groups in total. The molecule has 96 valence electrons. The maximum atomic E-state index is 3.51. The summed E-state index contributed by atoms with van der Waals surface area (Å²) in [6.07, 6.45) is 0. The lowest BCUT2D eigenvalue weighted by atomic mass is 10.0. The van der Waals surface area contributed by atoms with Crippen LogP contribution in [0.1, 0.15) is 50.2 Å². The molecule has 2 heteroatoms. The number of hydrogen-bond acceptors (Lipinski definition) is 0. The fourth-order valence-corrected chi connectivity index (χ4v) is 2.56. The molecule has 0 saturated carbocycles. The normalized spacial score (nSPS) is 18.5. The highest BCUT2D eigenvalue weighted by Gasteiger charge is 2.25. The van der Waals surface area contributed by atoms with Crippen molar-refractivity contribution in [2.75, 3.05) is 0 Å². The number of H-pyrrole nitrogens is 1.